The smallest absolute Gasteiger partial charge is 0.0315 e. The molecule has 0 spiro atoms. The van der Waals surface area contributed by atoms with Gasteiger partial charge in [-0.2, -0.15) is 0 Å². The maximum absolute atomic E-state index is 4.12. The van der Waals surface area contributed by atoms with Gasteiger partial charge >= 0.3 is 0 Å². The van der Waals surface area contributed by atoms with Crippen LogP contribution in [0.4, 0.5) is 0 Å². The molecule has 1 rings (SSSR count). The van der Waals surface area contributed by atoms with Gasteiger partial charge in [0.05, 0.1) is 0 Å². The first kappa shape index (κ1) is 11.2. The summed E-state index contributed by atoms with van der Waals surface area (Å²) in [5, 5.41) is 3.58. The van der Waals surface area contributed by atoms with Gasteiger partial charge in [0.15, 0.2) is 0 Å². The summed E-state index contributed by atoms with van der Waals surface area (Å²) in [5.74, 6) is 0. The lowest BCUT2D eigenvalue weighted by atomic mass is 9.99. The molecule has 1 heterocycles. The largest absolute Gasteiger partial charge is 0.305 e. The normalized spacial score (nSPS) is 14.0. The van der Waals surface area contributed by atoms with E-state index in [4.69, 9.17) is 0 Å². The molecule has 0 aromatic carbocycles. The Kier molecular flexibility index (Phi) is 3.64. The Bertz CT molecular complexity index is 267. The highest BCUT2D eigenvalue weighted by atomic mass is 15.0. The van der Waals surface area contributed by atoms with Crippen LogP contribution in [0.3, 0.4) is 0 Å². The van der Waals surface area contributed by atoms with Crippen molar-refractivity contribution in [3.8, 4) is 0 Å². The molecule has 1 aromatic heterocycles. The molecule has 0 fully saturated rings. The summed E-state index contributed by atoms with van der Waals surface area (Å²) in [6.07, 6.45) is 4.85. The van der Waals surface area contributed by atoms with Crippen LogP contribution < -0.4 is 5.32 Å². The fourth-order valence-corrected chi connectivity index (χ4v) is 1.40. The van der Waals surface area contributed by atoms with Crippen molar-refractivity contribution in [1.29, 1.82) is 0 Å². The fourth-order valence-electron chi connectivity index (χ4n) is 1.40. The highest BCUT2D eigenvalue weighted by molar-refractivity contribution is 5.13. The van der Waals surface area contributed by atoms with E-state index < -0.39 is 0 Å². The third kappa shape index (κ3) is 3.11. The molecule has 78 valence electrons. The Balaban J connectivity index is 2.64. The van der Waals surface area contributed by atoms with Crippen molar-refractivity contribution < 1.29 is 0 Å². The average molecular weight is 192 g/mol. The summed E-state index contributed by atoms with van der Waals surface area (Å²) in [7, 11) is 0. The minimum Gasteiger partial charge on any atom is -0.305 e. The first-order valence-electron chi connectivity index (χ1n) is 5.23. The maximum atomic E-state index is 4.12. The van der Waals surface area contributed by atoms with E-state index in [0.29, 0.717) is 6.04 Å². The molecule has 0 bridgehead atoms. The summed E-state index contributed by atoms with van der Waals surface area (Å²) in [5.41, 5.74) is 1.43. The number of aromatic nitrogens is 1. The van der Waals surface area contributed by atoms with Crippen molar-refractivity contribution in [2.45, 2.75) is 45.7 Å². The Morgan fingerprint density at radius 1 is 1.50 bits per heavy atom. The number of rotatable bonds is 4. The molecule has 0 aliphatic heterocycles. The van der Waals surface area contributed by atoms with Gasteiger partial charge in [-0.15, -0.1) is 0 Å². The number of pyridine rings is 1. The Labute approximate surface area is 86.8 Å². The number of nitrogens with one attached hydrogen (secondary N) is 1. The van der Waals surface area contributed by atoms with Gasteiger partial charge in [0.25, 0.3) is 0 Å². The minimum absolute atomic E-state index is 0.190. The third-order valence-corrected chi connectivity index (χ3v) is 2.68. The molecule has 0 radical (unpaired) electrons. The topological polar surface area (TPSA) is 24.9 Å². The lowest BCUT2D eigenvalue weighted by molar-refractivity contribution is 0.337. The van der Waals surface area contributed by atoms with Crippen molar-refractivity contribution in [2.24, 2.45) is 0 Å². The molecular weight excluding hydrogens is 172 g/mol. The quantitative estimate of drug-likeness (QED) is 0.793. The minimum atomic E-state index is 0.190. The number of hydrogen-bond acceptors (Lipinski definition) is 2. The van der Waals surface area contributed by atoms with Crippen LogP contribution in [0, 0.1) is 0 Å². The van der Waals surface area contributed by atoms with E-state index in [-0.39, 0.29) is 5.54 Å². The lowest BCUT2D eigenvalue weighted by Crippen LogP contribution is -2.40. The summed E-state index contributed by atoms with van der Waals surface area (Å²) in [6, 6.07) is 4.45. The van der Waals surface area contributed by atoms with E-state index in [2.05, 4.69) is 44.1 Å². The second kappa shape index (κ2) is 4.56. The zero-order chi connectivity index (χ0) is 10.6. The molecular formula is C12H20N2. The van der Waals surface area contributed by atoms with E-state index in [0.717, 1.165) is 6.42 Å². The zero-order valence-corrected chi connectivity index (χ0v) is 9.54. The second-order valence-corrected chi connectivity index (χ2v) is 4.39. The molecule has 14 heavy (non-hydrogen) atoms. The average Bonchev–Trinajstić information content (AvgIpc) is 2.19. The SMILES string of the molecule is CCC(C)(C)NC(C)c1cccnc1. The molecule has 0 saturated carbocycles. The first-order chi connectivity index (χ1) is 6.55. The van der Waals surface area contributed by atoms with Gasteiger partial charge in [-0.25, -0.2) is 0 Å². The lowest BCUT2D eigenvalue weighted by Gasteiger charge is -2.29. The number of nitrogens with zero attached hydrogens (tertiary/aromatic N) is 1. The summed E-state index contributed by atoms with van der Waals surface area (Å²) < 4.78 is 0. The third-order valence-electron chi connectivity index (χ3n) is 2.68. The highest BCUT2D eigenvalue weighted by Crippen LogP contribution is 2.17. The summed E-state index contributed by atoms with van der Waals surface area (Å²) in [6.45, 7) is 8.82. The van der Waals surface area contributed by atoms with Gasteiger partial charge in [0.1, 0.15) is 0 Å². The summed E-state index contributed by atoms with van der Waals surface area (Å²) >= 11 is 0. The molecule has 2 heteroatoms. The number of hydrogen-bond donors (Lipinski definition) is 1. The van der Waals surface area contributed by atoms with Gasteiger partial charge in [-0.05, 0) is 38.8 Å². The van der Waals surface area contributed by atoms with Crippen molar-refractivity contribution in [3.63, 3.8) is 0 Å². The van der Waals surface area contributed by atoms with Crippen molar-refractivity contribution in [1.82, 2.24) is 10.3 Å². The first-order valence-corrected chi connectivity index (χ1v) is 5.23. The molecule has 1 unspecified atom stereocenters. The van der Waals surface area contributed by atoms with Crippen LogP contribution in [-0.2, 0) is 0 Å². The van der Waals surface area contributed by atoms with E-state index >= 15 is 0 Å². The Hall–Kier alpha value is -0.890. The van der Waals surface area contributed by atoms with Crippen molar-refractivity contribution in [3.05, 3.63) is 30.1 Å². The summed E-state index contributed by atoms with van der Waals surface area (Å²) in [4.78, 5) is 4.12. The molecule has 0 amide bonds. The van der Waals surface area contributed by atoms with Crippen LogP contribution in [-0.4, -0.2) is 10.5 Å². The Morgan fingerprint density at radius 3 is 2.71 bits per heavy atom. The predicted octanol–water partition coefficient (Wildman–Crippen LogP) is 2.92. The van der Waals surface area contributed by atoms with Crippen LogP contribution in [0.5, 0.6) is 0 Å². The molecule has 1 atom stereocenters. The zero-order valence-electron chi connectivity index (χ0n) is 9.54. The molecule has 1 aromatic rings. The maximum Gasteiger partial charge on any atom is 0.0315 e. The molecule has 0 aliphatic carbocycles. The monoisotopic (exact) mass is 192 g/mol. The fraction of sp³-hybridized carbons (Fsp3) is 0.583. The van der Waals surface area contributed by atoms with Gasteiger partial charge in [0.2, 0.25) is 0 Å². The van der Waals surface area contributed by atoms with Gasteiger partial charge < -0.3 is 5.32 Å². The molecule has 0 aliphatic rings. The standard InChI is InChI=1S/C12H20N2/c1-5-12(3,4)14-10(2)11-7-6-8-13-9-11/h6-10,14H,5H2,1-4H3. The van der Waals surface area contributed by atoms with Crippen LogP contribution in [0.25, 0.3) is 0 Å². The van der Waals surface area contributed by atoms with Crippen LogP contribution in [0.2, 0.25) is 0 Å². The highest BCUT2D eigenvalue weighted by Gasteiger charge is 2.18. The molecule has 1 N–H and O–H groups in total. The van der Waals surface area contributed by atoms with Crippen LogP contribution >= 0.6 is 0 Å². The van der Waals surface area contributed by atoms with Crippen LogP contribution in [0.1, 0.15) is 45.7 Å². The Morgan fingerprint density at radius 2 is 2.21 bits per heavy atom. The van der Waals surface area contributed by atoms with Gasteiger partial charge in [0, 0.05) is 24.0 Å². The van der Waals surface area contributed by atoms with E-state index in [1.165, 1.54) is 5.56 Å². The van der Waals surface area contributed by atoms with Crippen molar-refractivity contribution in [2.75, 3.05) is 0 Å². The molecule has 0 saturated heterocycles. The predicted molar refractivity (Wildman–Crippen MR) is 60.2 cm³/mol. The van der Waals surface area contributed by atoms with Crippen molar-refractivity contribution >= 4 is 0 Å². The second-order valence-electron chi connectivity index (χ2n) is 4.39. The van der Waals surface area contributed by atoms with Gasteiger partial charge in [-0.1, -0.05) is 13.0 Å². The van der Waals surface area contributed by atoms with E-state index in [1.54, 1.807) is 6.20 Å². The van der Waals surface area contributed by atoms with Gasteiger partial charge in [-0.3, -0.25) is 4.98 Å². The van der Waals surface area contributed by atoms with E-state index in [1.807, 2.05) is 12.3 Å². The van der Waals surface area contributed by atoms with Crippen LogP contribution in [0.15, 0.2) is 24.5 Å². The molecule has 2 nitrogen and oxygen atoms in total. The van der Waals surface area contributed by atoms with E-state index in [9.17, 15) is 0 Å².